The van der Waals surface area contributed by atoms with Gasteiger partial charge in [0.05, 0.1) is 35.7 Å². The minimum absolute atomic E-state index is 0.124. The van der Waals surface area contributed by atoms with Gasteiger partial charge in [-0.3, -0.25) is 10.1 Å². The highest BCUT2D eigenvalue weighted by atomic mass is 32.1. The van der Waals surface area contributed by atoms with E-state index in [0.717, 1.165) is 10.5 Å². The Balaban J connectivity index is 1.94. The normalized spacial score (nSPS) is 15.7. The molecule has 0 spiro atoms. The number of non-ortho nitro benzene ring substituents is 1. The van der Waals surface area contributed by atoms with Gasteiger partial charge in [-0.25, -0.2) is 9.59 Å². The number of dihydropyridines is 1. The van der Waals surface area contributed by atoms with Crippen molar-refractivity contribution in [3.05, 3.63) is 92.3 Å². The van der Waals surface area contributed by atoms with E-state index in [-0.39, 0.29) is 23.4 Å². The first kappa shape index (κ1) is 24.1. The summed E-state index contributed by atoms with van der Waals surface area (Å²) in [4.78, 5) is 37.5. The summed E-state index contributed by atoms with van der Waals surface area (Å²) in [5.41, 5.74) is 2.65. The number of carbonyl (C=O) groups excluding carboxylic acids is 2. The van der Waals surface area contributed by atoms with Crippen LogP contribution in [0.1, 0.15) is 30.9 Å². The van der Waals surface area contributed by atoms with Gasteiger partial charge in [0.2, 0.25) is 0 Å². The van der Waals surface area contributed by atoms with E-state index in [4.69, 9.17) is 9.47 Å². The zero-order chi connectivity index (χ0) is 24.1. The third-order valence-electron chi connectivity index (χ3n) is 5.36. The molecule has 3 rings (SSSR count). The van der Waals surface area contributed by atoms with Crippen LogP contribution in [0, 0.1) is 10.1 Å². The van der Waals surface area contributed by atoms with Crippen LogP contribution in [-0.2, 0) is 25.5 Å². The molecule has 0 saturated carbocycles. The zero-order valence-electron chi connectivity index (χ0n) is 18.5. The second-order valence-corrected chi connectivity index (χ2v) is 8.05. The molecule has 9 heteroatoms. The van der Waals surface area contributed by atoms with E-state index in [0.29, 0.717) is 23.4 Å². The fourth-order valence-corrected chi connectivity index (χ4v) is 3.95. The lowest BCUT2D eigenvalue weighted by Crippen LogP contribution is -2.32. The lowest BCUT2D eigenvalue weighted by Gasteiger charge is -2.30. The number of hydrogen-bond acceptors (Lipinski definition) is 8. The fourth-order valence-electron chi connectivity index (χ4n) is 3.80. The number of nitrogens with zero attached hydrogens (tertiary/aromatic N) is 1. The van der Waals surface area contributed by atoms with Crippen molar-refractivity contribution in [1.82, 2.24) is 5.32 Å². The van der Waals surface area contributed by atoms with Gasteiger partial charge >= 0.3 is 11.9 Å². The summed E-state index contributed by atoms with van der Waals surface area (Å²) in [5.74, 6) is -2.13. The Morgan fingerprint density at radius 1 is 1.06 bits per heavy atom. The summed E-state index contributed by atoms with van der Waals surface area (Å²) in [7, 11) is 1.24. The van der Waals surface area contributed by atoms with Crippen molar-refractivity contribution in [2.45, 2.75) is 31.1 Å². The van der Waals surface area contributed by atoms with Gasteiger partial charge in [0.1, 0.15) is 0 Å². The number of ether oxygens (including phenoxy) is 2. The molecule has 0 fully saturated rings. The predicted octanol–water partition coefficient (Wildman–Crippen LogP) is 4.08. The number of nitro benzene ring substituents is 1. The van der Waals surface area contributed by atoms with E-state index in [1.807, 2.05) is 24.3 Å². The number of carbonyl (C=O) groups is 2. The second-order valence-electron chi connectivity index (χ2n) is 7.53. The van der Waals surface area contributed by atoms with Gasteiger partial charge in [0.25, 0.3) is 5.69 Å². The van der Waals surface area contributed by atoms with Crippen molar-refractivity contribution in [2.75, 3.05) is 13.7 Å². The first-order chi connectivity index (χ1) is 15.7. The highest BCUT2D eigenvalue weighted by Crippen LogP contribution is 2.40. The van der Waals surface area contributed by atoms with Gasteiger partial charge in [-0.2, -0.15) is 0 Å². The Morgan fingerprint density at radius 2 is 1.70 bits per heavy atom. The van der Waals surface area contributed by atoms with Crippen molar-refractivity contribution in [2.24, 2.45) is 0 Å². The zero-order valence-corrected chi connectivity index (χ0v) is 19.3. The van der Waals surface area contributed by atoms with Crippen LogP contribution in [0.3, 0.4) is 0 Å². The number of nitro groups is 1. The van der Waals surface area contributed by atoms with E-state index in [9.17, 15) is 19.7 Å². The third-order valence-corrected chi connectivity index (χ3v) is 5.66. The number of methoxy groups -OCH3 is 1. The van der Waals surface area contributed by atoms with E-state index in [2.05, 4.69) is 17.9 Å². The van der Waals surface area contributed by atoms with Crippen LogP contribution < -0.4 is 5.32 Å². The van der Waals surface area contributed by atoms with Crippen LogP contribution >= 0.6 is 12.6 Å². The molecule has 2 aromatic carbocycles. The molecule has 0 aromatic heterocycles. The predicted molar refractivity (Wildman–Crippen MR) is 125 cm³/mol. The van der Waals surface area contributed by atoms with E-state index in [1.54, 1.807) is 19.9 Å². The monoisotopic (exact) mass is 468 g/mol. The molecule has 0 amide bonds. The van der Waals surface area contributed by atoms with Crippen molar-refractivity contribution < 1.29 is 24.0 Å². The molecule has 1 aliphatic rings. The van der Waals surface area contributed by atoms with Gasteiger partial charge in [0, 0.05) is 34.8 Å². The summed E-state index contributed by atoms with van der Waals surface area (Å²) >= 11 is 4.26. The molecule has 0 saturated heterocycles. The quantitative estimate of drug-likeness (QED) is 0.273. The highest BCUT2D eigenvalue weighted by molar-refractivity contribution is 7.80. The molecule has 33 heavy (non-hydrogen) atoms. The number of rotatable bonds is 7. The van der Waals surface area contributed by atoms with Crippen LogP contribution in [-0.4, -0.2) is 30.6 Å². The number of hydrogen-bond donors (Lipinski definition) is 2. The Morgan fingerprint density at radius 3 is 2.30 bits per heavy atom. The fraction of sp³-hybridized carbons (Fsp3) is 0.250. The molecule has 0 bridgehead atoms. The summed E-state index contributed by atoms with van der Waals surface area (Å²) in [5, 5.41) is 14.4. The van der Waals surface area contributed by atoms with E-state index in [1.165, 1.54) is 25.3 Å². The van der Waals surface area contributed by atoms with Crippen LogP contribution in [0.2, 0.25) is 0 Å². The molecule has 1 heterocycles. The SMILES string of the molecule is COC(=O)C1=C(C)NC(C)=C(C(=O)OCCc2ccc(S)cc2)C1c1cccc([N+](=O)[O-])c1. The summed E-state index contributed by atoms with van der Waals surface area (Å²) in [6.45, 7) is 3.51. The van der Waals surface area contributed by atoms with Crippen LogP contribution in [0.4, 0.5) is 5.69 Å². The van der Waals surface area contributed by atoms with Gasteiger partial charge in [-0.1, -0.05) is 24.3 Å². The van der Waals surface area contributed by atoms with Gasteiger partial charge < -0.3 is 14.8 Å². The maximum Gasteiger partial charge on any atom is 0.336 e. The Kier molecular flexibility index (Phi) is 7.55. The van der Waals surface area contributed by atoms with Crippen LogP contribution in [0.25, 0.3) is 0 Å². The standard InChI is InChI=1S/C24H24N2O6S/c1-14-20(23(27)31-3)22(17-5-4-6-18(13-17)26(29)30)21(15(2)25-14)24(28)32-12-11-16-7-9-19(33)10-8-16/h4-10,13,22,25,33H,11-12H2,1-3H3. The number of allylic oxidation sites excluding steroid dienone is 2. The molecule has 0 radical (unpaired) electrons. The smallest absolute Gasteiger partial charge is 0.336 e. The average molecular weight is 469 g/mol. The van der Waals surface area contributed by atoms with Gasteiger partial charge in [-0.05, 0) is 37.1 Å². The first-order valence-electron chi connectivity index (χ1n) is 10.2. The molecule has 172 valence electrons. The summed E-state index contributed by atoms with van der Waals surface area (Å²) < 4.78 is 10.5. The minimum Gasteiger partial charge on any atom is -0.466 e. The Hall–Kier alpha value is -3.59. The highest BCUT2D eigenvalue weighted by Gasteiger charge is 2.38. The van der Waals surface area contributed by atoms with E-state index >= 15 is 0 Å². The van der Waals surface area contributed by atoms with E-state index < -0.39 is 22.8 Å². The van der Waals surface area contributed by atoms with Crippen molar-refractivity contribution in [3.63, 3.8) is 0 Å². The number of thiol groups is 1. The maximum atomic E-state index is 13.2. The molecular formula is C24H24N2O6S. The number of nitrogens with one attached hydrogen (secondary N) is 1. The first-order valence-corrected chi connectivity index (χ1v) is 10.6. The van der Waals surface area contributed by atoms with Crippen LogP contribution in [0.15, 0.2) is 76.0 Å². The van der Waals surface area contributed by atoms with Crippen molar-refractivity contribution in [1.29, 1.82) is 0 Å². The topological polar surface area (TPSA) is 108 Å². The Labute approximate surface area is 196 Å². The molecule has 1 unspecified atom stereocenters. The third kappa shape index (κ3) is 5.43. The lowest BCUT2D eigenvalue weighted by molar-refractivity contribution is -0.384. The average Bonchev–Trinajstić information content (AvgIpc) is 2.79. The molecule has 2 aromatic rings. The summed E-state index contributed by atoms with van der Waals surface area (Å²) in [6.07, 6.45) is 0.500. The molecular weight excluding hydrogens is 444 g/mol. The molecule has 1 atom stereocenters. The number of esters is 2. The lowest BCUT2D eigenvalue weighted by atomic mass is 9.80. The van der Waals surface area contributed by atoms with Crippen LogP contribution in [0.5, 0.6) is 0 Å². The Bertz CT molecular complexity index is 1150. The molecule has 1 aliphatic heterocycles. The largest absolute Gasteiger partial charge is 0.466 e. The van der Waals surface area contributed by atoms with Gasteiger partial charge in [0.15, 0.2) is 0 Å². The molecule has 0 aliphatic carbocycles. The summed E-state index contributed by atoms with van der Waals surface area (Å²) in [6, 6.07) is 13.4. The van der Waals surface area contributed by atoms with Crippen molar-refractivity contribution >= 4 is 30.3 Å². The maximum absolute atomic E-state index is 13.2. The number of benzene rings is 2. The molecule has 1 N–H and O–H groups in total. The second kappa shape index (κ2) is 10.4. The minimum atomic E-state index is -0.880. The van der Waals surface area contributed by atoms with Gasteiger partial charge in [-0.15, -0.1) is 12.6 Å². The molecule has 8 nitrogen and oxygen atoms in total. The van der Waals surface area contributed by atoms with Crippen molar-refractivity contribution in [3.8, 4) is 0 Å².